The van der Waals surface area contributed by atoms with Crippen LogP contribution in [-0.2, 0) is 28.1 Å². The molecule has 5 aromatic rings. The van der Waals surface area contributed by atoms with E-state index in [1.54, 1.807) is 27.7 Å². The van der Waals surface area contributed by atoms with E-state index in [4.69, 9.17) is 9.47 Å². The van der Waals surface area contributed by atoms with Gasteiger partial charge in [0.2, 0.25) is 0 Å². The molecule has 2 amide bonds. The lowest BCUT2D eigenvalue weighted by molar-refractivity contribution is -0.145. The molecule has 11 heteroatoms. The van der Waals surface area contributed by atoms with Crippen LogP contribution in [-0.4, -0.2) is 66.4 Å². The molecule has 1 aromatic heterocycles. The summed E-state index contributed by atoms with van der Waals surface area (Å²) in [5.74, 6) is 0.381. The van der Waals surface area contributed by atoms with Gasteiger partial charge in [-0.1, -0.05) is 72.9 Å². The summed E-state index contributed by atoms with van der Waals surface area (Å²) < 4.78 is 14.6. The van der Waals surface area contributed by atoms with E-state index in [2.05, 4.69) is 49.0 Å². The van der Waals surface area contributed by atoms with E-state index < -0.39 is 13.7 Å². The zero-order chi connectivity index (χ0) is 36.4. The highest BCUT2D eigenvalue weighted by atomic mass is 28.3. The van der Waals surface area contributed by atoms with E-state index in [0.29, 0.717) is 37.2 Å². The minimum absolute atomic E-state index is 0.00314. The van der Waals surface area contributed by atoms with Crippen LogP contribution in [0.4, 0.5) is 17.1 Å². The van der Waals surface area contributed by atoms with Crippen LogP contribution < -0.4 is 19.7 Å². The van der Waals surface area contributed by atoms with E-state index in [1.807, 2.05) is 72.9 Å². The number of aromatic nitrogens is 3. The molecule has 4 aromatic carbocycles. The molecule has 8 rings (SSSR count). The van der Waals surface area contributed by atoms with E-state index in [1.165, 1.54) is 5.19 Å². The fraction of sp³-hybridized carbons (Fsp3) is 0.317. The number of amides is 2. The summed E-state index contributed by atoms with van der Waals surface area (Å²) in [6, 6.07) is 26.0. The molecule has 4 heterocycles. The zero-order valence-corrected chi connectivity index (χ0v) is 31.0. The number of anilines is 3. The summed E-state index contributed by atoms with van der Waals surface area (Å²) in [6.07, 6.45) is 4.36. The number of carbonyl (C=O) groups is 2. The van der Waals surface area contributed by atoms with Crippen molar-refractivity contribution in [3.8, 4) is 5.75 Å². The van der Waals surface area contributed by atoms with Gasteiger partial charge >= 0.3 is 0 Å². The smallest absolute Gasteiger partial charge is 0.264 e. The topological polar surface area (TPSA) is 110 Å². The number of hydrogen-bond donors (Lipinski definition) is 1. The van der Waals surface area contributed by atoms with Gasteiger partial charge in [0.1, 0.15) is 5.75 Å². The van der Waals surface area contributed by atoms with Gasteiger partial charge in [-0.15, -0.1) is 11.7 Å². The maximum Gasteiger partial charge on any atom is 0.264 e. The molecule has 266 valence electrons. The lowest BCUT2D eigenvalue weighted by Gasteiger charge is -2.37. The van der Waals surface area contributed by atoms with Crippen molar-refractivity contribution >= 4 is 52.9 Å². The van der Waals surface area contributed by atoms with Gasteiger partial charge < -0.3 is 19.5 Å². The fourth-order valence-corrected chi connectivity index (χ4v) is 13.2. The third-order valence-electron chi connectivity index (χ3n) is 11.5. The first-order valence-corrected chi connectivity index (χ1v) is 21.0. The van der Waals surface area contributed by atoms with Crippen LogP contribution in [0, 0.1) is 5.92 Å². The number of nitrogens with zero attached hydrogens (tertiary/aromatic N) is 5. The predicted molar refractivity (Wildman–Crippen MR) is 204 cm³/mol. The van der Waals surface area contributed by atoms with E-state index in [9.17, 15) is 9.90 Å². The van der Waals surface area contributed by atoms with Crippen LogP contribution in [0.2, 0.25) is 18.6 Å². The number of benzene rings is 4. The second kappa shape index (κ2) is 12.8. The van der Waals surface area contributed by atoms with E-state index >= 15 is 4.79 Å². The van der Waals surface area contributed by atoms with Crippen molar-refractivity contribution in [3.63, 3.8) is 0 Å². The Morgan fingerprint density at radius 1 is 1.04 bits per heavy atom. The Morgan fingerprint density at radius 3 is 2.54 bits per heavy atom. The van der Waals surface area contributed by atoms with Crippen LogP contribution in [0.15, 0.2) is 97.7 Å². The van der Waals surface area contributed by atoms with E-state index in [0.717, 1.165) is 39.2 Å². The average Bonchev–Trinajstić information content (AvgIpc) is 3.87. The predicted octanol–water partition coefficient (Wildman–Crippen LogP) is 6.11. The number of aliphatic hydroxyl groups is 1. The molecule has 1 N–H and O–H groups in total. The summed E-state index contributed by atoms with van der Waals surface area (Å²) in [5, 5.41) is 21.2. The number of hydrogen-bond acceptors (Lipinski definition) is 7. The molecule has 1 saturated heterocycles. The van der Waals surface area contributed by atoms with Gasteiger partial charge in [-0.25, -0.2) is 0 Å². The SMILES string of the molecule is C=CCN1C(=O)[C@]2(O[C@H](CCn3cc(CCO)nn3)[C@@H]([Si](C)(C)c3ccc(OC)cc3)[C@@H]2C)c2cc(N3C(=O)c4cccc5cccc3c45)ccc21. The Bertz CT molecular complexity index is 2210. The van der Waals surface area contributed by atoms with Crippen molar-refractivity contribution in [2.24, 2.45) is 5.92 Å². The minimum atomic E-state index is -2.38. The standard InChI is InChI=1S/C41H43N5O5Si/c1-6-21-45-34-18-13-29(46-35-12-8-10-27-9-7-11-32(37(27)35)39(46)48)24-33(34)41(40(45)49)26(2)38(52(4,5)31-16-14-30(50-3)15-17-31)36(51-41)19-22-44-25-28(20-23-47)42-43-44/h6-18,24-26,36,38,47H,1,19-23H2,2-5H3/t26-,36+,38-,41+/m0/s1. The summed E-state index contributed by atoms with van der Waals surface area (Å²) in [6.45, 7) is 11.7. The van der Waals surface area contributed by atoms with E-state index in [-0.39, 0.29) is 36.0 Å². The van der Waals surface area contributed by atoms with Crippen LogP contribution in [0.3, 0.4) is 0 Å². The number of aliphatic hydroxyl groups excluding tert-OH is 1. The van der Waals surface area contributed by atoms with Gasteiger partial charge in [-0.3, -0.25) is 19.2 Å². The Labute approximate surface area is 304 Å². The van der Waals surface area contributed by atoms with Crippen molar-refractivity contribution in [3.05, 3.63) is 115 Å². The molecule has 0 aliphatic carbocycles. The molecular weight excluding hydrogens is 671 g/mol. The zero-order valence-electron chi connectivity index (χ0n) is 30.0. The molecule has 1 spiro atoms. The van der Waals surface area contributed by atoms with Crippen molar-refractivity contribution in [2.75, 3.05) is 30.1 Å². The lowest BCUT2D eigenvalue weighted by Crippen LogP contribution is -2.52. The maximum absolute atomic E-state index is 15.0. The molecule has 3 aliphatic heterocycles. The second-order valence-corrected chi connectivity index (χ2v) is 19.3. The highest BCUT2D eigenvalue weighted by Crippen LogP contribution is 2.60. The highest BCUT2D eigenvalue weighted by Gasteiger charge is 2.66. The van der Waals surface area contributed by atoms with Gasteiger partial charge in [-0.2, -0.15) is 0 Å². The second-order valence-electron chi connectivity index (χ2n) is 14.6. The largest absolute Gasteiger partial charge is 0.497 e. The third-order valence-corrected chi connectivity index (χ3v) is 15.9. The van der Waals surface area contributed by atoms with Gasteiger partial charge in [0.25, 0.3) is 11.8 Å². The Balaban J connectivity index is 1.25. The summed E-state index contributed by atoms with van der Waals surface area (Å²) in [4.78, 5) is 32.6. The summed E-state index contributed by atoms with van der Waals surface area (Å²) in [7, 11) is -0.710. The molecule has 3 aliphatic rings. The van der Waals surface area contributed by atoms with Crippen molar-refractivity contribution in [1.29, 1.82) is 0 Å². The van der Waals surface area contributed by atoms with Crippen molar-refractivity contribution in [1.82, 2.24) is 15.0 Å². The molecule has 52 heavy (non-hydrogen) atoms. The van der Waals surface area contributed by atoms with Crippen LogP contribution >= 0.6 is 0 Å². The summed E-state index contributed by atoms with van der Waals surface area (Å²) in [5.41, 5.74) is 3.21. The number of methoxy groups -OCH3 is 1. The molecule has 1 fully saturated rings. The van der Waals surface area contributed by atoms with Gasteiger partial charge in [0.05, 0.1) is 43.9 Å². The van der Waals surface area contributed by atoms with Gasteiger partial charge in [0.15, 0.2) is 5.60 Å². The first kappa shape index (κ1) is 34.0. The fourth-order valence-electron chi connectivity index (χ4n) is 9.13. The first-order chi connectivity index (χ1) is 25.1. The number of ether oxygens (including phenoxy) is 2. The minimum Gasteiger partial charge on any atom is -0.497 e. The number of carbonyl (C=O) groups excluding carboxylic acids is 2. The van der Waals surface area contributed by atoms with Crippen LogP contribution in [0.1, 0.15) is 35.0 Å². The maximum atomic E-state index is 15.0. The number of aryl methyl sites for hydroxylation is 1. The Kier molecular flexibility index (Phi) is 8.39. The molecule has 4 atom stereocenters. The Hall–Kier alpha value is -5.10. The molecule has 0 unspecified atom stereocenters. The molecule has 0 saturated carbocycles. The van der Waals surface area contributed by atoms with Crippen LogP contribution in [0.5, 0.6) is 5.75 Å². The van der Waals surface area contributed by atoms with Gasteiger partial charge in [-0.05, 0) is 59.8 Å². The normalized spacial score (nSPS) is 22.2. The van der Waals surface area contributed by atoms with Crippen molar-refractivity contribution in [2.45, 2.75) is 56.7 Å². The molecule has 0 radical (unpaired) electrons. The highest BCUT2D eigenvalue weighted by molar-refractivity contribution is 6.91. The Morgan fingerprint density at radius 2 is 1.81 bits per heavy atom. The summed E-state index contributed by atoms with van der Waals surface area (Å²) >= 11 is 0. The quantitative estimate of drug-likeness (QED) is 0.130. The molecular formula is C41H43N5O5Si. The average molecular weight is 714 g/mol. The monoisotopic (exact) mass is 713 g/mol. The van der Waals surface area contributed by atoms with Crippen molar-refractivity contribution < 1.29 is 24.2 Å². The number of fused-ring (bicyclic) bond motifs is 2. The first-order valence-electron chi connectivity index (χ1n) is 17.9. The van der Waals surface area contributed by atoms with Crippen LogP contribution in [0.25, 0.3) is 10.8 Å². The number of rotatable bonds is 11. The third kappa shape index (κ3) is 5.05. The molecule has 0 bridgehead atoms. The van der Waals surface area contributed by atoms with Gasteiger partial charge in [0, 0.05) is 54.9 Å². The lowest BCUT2D eigenvalue weighted by atomic mass is 9.82. The molecule has 10 nitrogen and oxygen atoms in total.